The summed E-state index contributed by atoms with van der Waals surface area (Å²) in [6.07, 6.45) is -4.60. The lowest BCUT2D eigenvalue weighted by Crippen LogP contribution is -2.64. The van der Waals surface area contributed by atoms with Gasteiger partial charge in [-0.25, -0.2) is 0 Å². The molecule has 1 saturated heterocycles. The summed E-state index contributed by atoms with van der Waals surface area (Å²) in [6, 6.07) is 40.0. The van der Waals surface area contributed by atoms with E-state index in [1.807, 2.05) is 109 Å². The summed E-state index contributed by atoms with van der Waals surface area (Å²) < 4.78 is 38.5. The molecule has 8 heteroatoms. The largest absolute Gasteiger partial charge is 0.410 e. The molecule has 1 heterocycles. The van der Waals surface area contributed by atoms with Crippen molar-refractivity contribution in [2.75, 3.05) is 13.7 Å². The van der Waals surface area contributed by atoms with Crippen LogP contribution in [0.4, 0.5) is 0 Å². The van der Waals surface area contributed by atoms with Crippen LogP contribution in [-0.2, 0) is 47.9 Å². The molecule has 45 heavy (non-hydrogen) atoms. The quantitative estimate of drug-likeness (QED) is 0.172. The van der Waals surface area contributed by atoms with Crippen LogP contribution >= 0.6 is 0 Å². The highest BCUT2D eigenvalue weighted by Crippen LogP contribution is 2.32. The zero-order valence-electron chi connectivity index (χ0n) is 26.2. The van der Waals surface area contributed by atoms with Crippen molar-refractivity contribution in [3.05, 3.63) is 138 Å². The smallest absolute Gasteiger partial charge is 0.218 e. The Hall–Kier alpha value is -3.18. The second-order valence-corrected chi connectivity index (χ2v) is 15.6. The summed E-state index contributed by atoms with van der Waals surface area (Å²) in [6.45, 7) is 5.28. The lowest BCUT2D eigenvalue weighted by molar-refractivity contribution is -0.330. The van der Waals surface area contributed by atoms with Crippen LogP contribution in [0.15, 0.2) is 121 Å². The predicted octanol–water partition coefficient (Wildman–Crippen LogP) is 5.60. The number of rotatable bonds is 15. The molecule has 1 fully saturated rings. The van der Waals surface area contributed by atoms with E-state index in [0.717, 1.165) is 21.9 Å². The third-order valence-electron chi connectivity index (χ3n) is 8.08. The molecular formula is C37H44O7Si. The highest BCUT2D eigenvalue weighted by Gasteiger charge is 2.51. The van der Waals surface area contributed by atoms with Crippen molar-refractivity contribution in [3.63, 3.8) is 0 Å². The van der Waals surface area contributed by atoms with Crippen LogP contribution in [0.5, 0.6) is 0 Å². The van der Waals surface area contributed by atoms with Crippen molar-refractivity contribution in [2.45, 2.75) is 69.7 Å². The third-order valence-corrected chi connectivity index (χ3v) is 10.7. The van der Waals surface area contributed by atoms with Crippen molar-refractivity contribution in [1.82, 2.24) is 0 Å². The monoisotopic (exact) mass is 628 g/mol. The maximum atomic E-state index is 11.7. The number of hydrogen-bond donors (Lipinski definition) is 1. The minimum atomic E-state index is -2.31. The molecule has 0 saturated carbocycles. The maximum absolute atomic E-state index is 11.7. The fourth-order valence-corrected chi connectivity index (χ4v) is 7.25. The Morgan fingerprint density at radius 2 is 1.04 bits per heavy atom. The standard InChI is InChI=1S/C37H44O7Si/c1-39-37-36(42-26-30-20-12-6-13-21-30)35(41-25-29-18-10-5-11-19-29)34(40-24-28-16-8-4-9-17-28)33(44-37)32(38)27-43-45(2,3)31-22-14-7-15-23-31/h4-23,32-38H,24-27H2,1-3H3/t32-,33-,34+,35+,36-,37+/m1/s1. The summed E-state index contributed by atoms with van der Waals surface area (Å²) in [7, 11) is -0.730. The normalized spacial score (nSPS) is 22.6. The molecule has 1 aliphatic rings. The molecule has 0 bridgehead atoms. The second-order valence-electron chi connectivity index (χ2n) is 11.7. The molecule has 0 amide bonds. The van der Waals surface area contributed by atoms with Crippen LogP contribution < -0.4 is 5.19 Å². The van der Waals surface area contributed by atoms with Crippen LogP contribution in [0.3, 0.4) is 0 Å². The lowest BCUT2D eigenvalue weighted by atomic mass is 9.94. The van der Waals surface area contributed by atoms with E-state index in [9.17, 15) is 5.11 Å². The van der Waals surface area contributed by atoms with Crippen molar-refractivity contribution >= 4 is 13.5 Å². The van der Waals surface area contributed by atoms with Gasteiger partial charge in [0.2, 0.25) is 8.32 Å². The van der Waals surface area contributed by atoms with E-state index in [1.54, 1.807) is 7.11 Å². The fourth-order valence-electron chi connectivity index (χ4n) is 5.50. The first-order valence-corrected chi connectivity index (χ1v) is 18.4. The second kappa shape index (κ2) is 16.4. The molecule has 0 unspecified atom stereocenters. The number of aliphatic hydroxyl groups is 1. The maximum Gasteiger partial charge on any atom is 0.218 e. The topological polar surface area (TPSA) is 75.6 Å². The number of methoxy groups -OCH3 is 1. The van der Waals surface area contributed by atoms with Gasteiger partial charge in [-0.1, -0.05) is 121 Å². The molecule has 5 rings (SSSR count). The summed E-state index contributed by atoms with van der Waals surface area (Å²) in [5, 5.41) is 12.8. The van der Waals surface area contributed by atoms with Gasteiger partial charge in [0, 0.05) is 7.11 Å². The molecule has 0 aliphatic carbocycles. The van der Waals surface area contributed by atoms with Crippen LogP contribution in [0.2, 0.25) is 13.1 Å². The number of benzene rings is 4. The molecule has 1 aliphatic heterocycles. The van der Waals surface area contributed by atoms with Gasteiger partial charge < -0.3 is 33.2 Å². The Morgan fingerprint density at radius 3 is 1.51 bits per heavy atom. The lowest BCUT2D eigenvalue weighted by Gasteiger charge is -2.47. The van der Waals surface area contributed by atoms with E-state index in [0.29, 0.717) is 19.8 Å². The van der Waals surface area contributed by atoms with Crippen molar-refractivity contribution in [2.24, 2.45) is 0 Å². The van der Waals surface area contributed by atoms with Crippen LogP contribution in [-0.4, -0.2) is 64.0 Å². The van der Waals surface area contributed by atoms with Crippen LogP contribution in [0.25, 0.3) is 0 Å². The molecule has 4 aromatic rings. The molecule has 0 spiro atoms. The highest BCUT2D eigenvalue weighted by atomic mass is 28.4. The number of hydrogen-bond acceptors (Lipinski definition) is 7. The SMILES string of the molecule is CO[C@H]1O[C@H]([C@H](O)CO[Si](C)(C)c2ccccc2)[C@H](OCc2ccccc2)[C@H](OCc2ccccc2)[C@H]1OCc1ccccc1. The first-order chi connectivity index (χ1) is 21.9. The Bertz CT molecular complexity index is 1390. The van der Waals surface area contributed by atoms with Crippen LogP contribution in [0, 0.1) is 0 Å². The molecular weight excluding hydrogens is 584 g/mol. The van der Waals surface area contributed by atoms with Gasteiger partial charge in [-0.15, -0.1) is 0 Å². The zero-order chi connectivity index (χ0) is 31.5. The molecule has 4 aromatic carbocycles. The average molecular weight is 629 g/mol. The fraction of sp³-hybridized carbons (Fsp3) is 0.351. The average Bonchev–Trinajstić information content (AvgIpc) is 3.09. The minimum absolute atomic E-state index is 0.0708. The number of ether oxygens (including phenoxy) is 5. The highest BCUT2D eigenvalue weighted by molar-refractivity contribution is 6.84. The van der Waals surface area contributed by atoms with E-state index >= 15 is 0 Å². The summed E-state index contributed by atoms with van der Waals surface area (Å²) >= 11 is 0. The summed E-state index contributed by atoms with van der Waals surface area (Å²) in [5.41, 5.74) is 3.02. The Kier molecular flexibility index (Phi) is 12.1. The van der Waals surface area contributed by atoms with Gasteiger partial charge in [-0.2, -0.15) is 0 Å². The van der Waals surface area contributed by atoms with Gasteiger partial charge in [0.15, 0.2) is 6.29 Å². The Morgan fingerprint density at radius 1 is 0.622 bits per heavy atom. The first-order valence-electron chi connectivity index (χ1n) is 15.5. The van der Waals surface area contributed by atoms with Gasteiger partial charge in [-0.3, -0.25) is 0 Å². The van der Waals surface area contributed by atoms with Crippen LogP contribution in [0.1, 0.15) is 16.7 Å². The molecule has 1 N–H and O–H groups in total. The Labute approximate surface area is 267 Å². The molecule has 0 aromatic heterocycles. The Balaban J connectivity index is 1.42. The number of aliphatic hydroxyl groups excluding tert-OH is 1. The summed E-state index contributed by atoms with van der Waals surface area (Å²) in [4.78, 5) is 0. The first kappa shape index (κ1) is 33.2. The van der Waals surface area contributed by atoms with Gasteiger partial charge in [0.25, 0.3) is 0 Å². The van der Waals surface area contributed by atoms with Crippen molar-refractivity contribution in [3.8, 4) is 0 Å². The van der Waals surface area contributed by atoms with E-state index in [1.165, 1.54) is 0 Å². The molecule has 6 atom stereocenters. The van der Waals surface area contributed by atoms with E-state index < -0.39 is 45.1 Å². The van der Waals surface area contributed by atoms with Gasteiger partial charge in [0.1, 0.15) is 30.5 Å². The van der Waals surface area contributed by atoms with Gasteiger partial charge in [-0.05, 0) is 35.0 Å². The molecule has 0 radical (unpaired) electrons. The van der Waals surface area contributed by atoms with E-state index in [-0.39, 0.29) is 6.61 Å². The predicted molar refractivity (Wildman–Crippen MR) is 176 cm³/mol. The molecule has 7 nitrogen and oxygen atoms in total. The minimum Gasteiger partial charge on any atom is -0.410 e. The van der Waals surface area contributed by atoms with Gasteiger partial charge >= 0.3 is 0 Å². The third kappa shape index (κ3) is 9.19. The zero-order valence-corrected chi connectivity index (χ0v) is 27.2. The van der Waals surface area contributed by atoms with Crippen molar-refractivity contribution in [1.29, 1.82) is 0 Å². The van der Waals surface area contributed by atoms with E-state index in [2.05, 4.69) is 25.2 Å². The summed E-state index contributed by atoms with van der Waals surface area (Å²) in [5.74, 6) is 0. The van der Waals surface area contributed by atoms with E-state index in [4.69, 9.17) is 28.1 Å². The van der Waals surface area contributed by atoms with Crippen molar-refractivity contribution < 1.29 is 33.2 Å². The molecule has 238 valence electrons. The van der Waals surface area contributed by atoms with Gasteiger partial charge in [0.05, 0.1) is 26.4 Å².